The minimum atomic E-state index is -0.157. The van der Waals surface area contributed by atoms with Crippen LogP contribution in [0, 0.1) is 5.92 Å². The summed E-state index contributed by atoms with van der Waals surface area (Å²) in [5.74, 6) is -0.0198. The van der Waals surface area contributed by atoms with E-state index in [1.165, 1.54) is 0 Å². The number of aliphatic hydroxyl groups is 2. The van der Waals surface area contributed by atoms with Crippen LogP contribution in [0.2, 0.25) is 0 Å². The van der Waals surface area contributed by atoms with Gasteiger partial charge in [0.05, 0.1) is 0 Å². The summed E-state index contributed by atoms with van der Waals surface area (Å²) >= 11 is 0. The molecule has 1 aromatic rings. The number of aliphatic hydroxyl groups excluding tert-OH is 2. The van der Waals surface area contributed by atoms with Crippen molar-refractivity contribution < 1.29 is 15.0 Å². The molecule has 1 saturated heterocycles. The van der Waals surface area contributed by atoms with Gasteiger partial charge in [0.1, 0.15) is 0 Å². The van der Waals surface area contributed by atoms with Crippen LogP contribution in [0.3, 0.4) is 0 Å². The van der Waals surface area contributed by atoms with Crippen molar-refractivity contribution in [3.63, 3.8) is 0 Å². The molecule has 3 N–H and O–H groups in total. The number of piperidine rings is 1. The molecule has 0 aliphatic carbocycles. The van der Waals surface area contributed by atoms with Crippen LogP contribution in [0.1, 0.15) is 24.8 Å². The van der Waals surface area contributed by atoms with Crippen LogP contribution in [0.4, 0.5) is 0 Å². The number of amides is 1. The molecule has 0 aromatic heterocycles. The third kappa shape index (κ3) is 5.04. The van der Waals surface area contributed by atoms with E-state index in [2.05, 4.69) is 11.0 Å². The van der Waals surface area contributed by atoms with Gasteiger partial charge in [0.2, 0.25) is 0 Å². The van der Waals surface area contributed by atoms with E-state index in [0.29, 0.717) is 25.2 Å². The van der Waals surface area contributed by atoms with Crippen molar-refractivity contribution in [3.05, 3.63) is 47.9 Å². The number of hydrogen-bond acceptors (Lipinski definition) is 4. The van der Waals surface area contributed by atoms with Crippen LogP contribution in [0.15, 0.2) is 42.3 Å². The third-order valence-electron chi connectivity index (χ3n) is 3.95. The Morgan fingerprint density at radius 3 is 2.57 bits per heavy atom. The molecule has 1 heterocycles. The Labute approximate surface area is 137 Å². The van der Waals surface area contributed by atoms with Crippen LogP contribution >= 0.6 is 0 Å². The molecule has 2 rings (SSSR count). The van der Waals surface area contributed by atoms with Crippen LogP contribution in [-0.4, -0.2) is 47.4 Å². The van der Waals surface area contributed by atoms with E-state index in [0.717, 1.165) is 24.7 Å². The monoisotopic (exact) mass is 311 g/mol. The van der Waals surface area contributed by atoms with Crippen molar-refractivity contribution in [2.24, 2.45) is 5.92 Å². The fourth-order valence-electron chi connectivity index (χ4n) is 2.68. The Hall–Kier alpha value is -2.46. The summed E-state index contributed by atoms with van der Waals surface area (Å²) in [5.41, 5.74) is 3.87. The summed E-state index contributed by atoms with van der Waals surface area (Å²) in [5, 5.41) is 21.0. The van der Waals surface area contributed by atoms with Gasteiger partial charge in [0.15, 0.2) is 0 Å². The molecule has 0 unspecified atom stereocenters. The molecule has 1 aliphatic rings. The fourth-order valence-corrected chi connectivity index (χ4v) is 2.68. The molecule has 1 aliphatic heterocycles. The molecule has 1 fully saturated rings. The molecule has 5 nitrogen and oxygen atoms in total. The molecule has 0 atom stereocenters. The van der Waals surface area contributed by atoms with Gasteiger partial charge >= 0.3 is 130 Å². The quantitative estimate of drug-likeness (QED) is 0.438. The van der Waals surface area contributed by atoms with Gasteiger partial charge in [-0.25, -0.2) is 0 Å². The number of carbonyl (C=O) groups excluding carboxylic acids is 1. The first kappa shape index (κ1) is 16.9. The Bertz CT molecular complexity index is 616. The summed E-state index contributed by atoms with van der Waals surface area (Å²) in [4.78, 5) is 13.9. The van der Waals surface area contributed by atoms with Crippen LogP contribution < -0.4 is 5.32 Å². The number of rotatable bonds is 5. The number of carbonyl (C=O) groups is 1. The Balaban J connectivity index is 1.91. The van der Waals surface area contributed by atoms with E-state index in [1.807, 2.05) is 30.3 Å². The number of hydrogen-bond donors (Lipinski definition) is 3. The molecule has 1 amide bonds. The number of nitrogens with zero attached hydrogens (tertiary/aromatic N) is 1. The van der Waals surface area contributed by atoms with Gasteiger partial charge in [-0.3, -0.25) is 0 Å². The average molecular weight is 311 g/mol. The molecular formula is C17H20BN2O3. The molecule has 0 bridgehead atoms. The van der Waals surface area contributed by atoms with Crippen molar-refractivity contribution >= 4 is 24.9 Å². The number of likely N-dealkylation sites (tertiary alicyclic amines) is 1. The first-order valence-electron chi connectivity index (χ1n) is 7.61. The van der Waals surface area contributed by atoms with Gasteiger partial charge in [0, 0.05) is 0 Å². The van der Waals surface area contributed by atoms with E-state index in [1.54, 1.807) is 4.90 Å². The predicted octanol–water partition coefficient (Wildman–Crippen LogP) is 1.54. The zero-order chi connectivity index (χ0) is 16.7. The van der Waals surface area contributed by atoms with E-state index in [9.17, 15) is 9.90 Å². The van der Waals surface area contributed by atoms with Crippen LogP contribution in [0.25, 0.3) is 5.70 Å². The molecule has 6 heteroatoms. The summed E-state index contributed by atoms with van der Waals surface area (Å²) in [6, 6.07) is 9.26. The van der Waals surface area contributed by atoms with Crippen molar-refractivity contribution in [2.75, 3.05) is 13.1 Å². The number of benzene rings is 1. The first-order chi connectivity index (χ1) is 11.1. The third-order valence-corrected chi connectivity index (χ3v) is 3.95. The molecular weight excluding hydrogens is 291 g/mol. The van der Waals surface area contributed by atoms with Crippen LogP contribution in [-0.2, 0) is 4.79 Å². The maximum atomic E-state index is 12.2. The van der Waals surface area contributed by atoms with E-state index >= 15 is 0 Å². The SMILES string of the molecule is [B]=C(O)N1CCC(CC(=O)NC(=C=CO)c2ccccc2)CC1. The second-order valence-electron chi connectivity index (χ2n) is 5.56. The zero-order valence-electron chi connectivity index (χ0n) is 12.9. The second-order valence-corrected chi connectivity index (χ2v) is 5.56. The summed E-state index contributed by atoms with van der Waals surface area (Å²) in [7, 11) is 5.36. The normalized spacial score (nSPS) is 14.7. The van der Waals surface area contributed by atoms with Gasteiger partial charge in [0.25, 0.3) is 0 Å². The molecule has 0 saturated carbocycles. The van der Waals surface area contributed by atoms with Crippen molar-refractivity contribution in [1.29, 1.82) is 0 Å². The van der Waals surface area contributed by atoms with Crippen molar-refractivity contribution in [2.45, 2.75) is 19.3 Å². The van der Waals surface area contributed by atoms with Gasteiger partial charge in [-0.2, -0.15) is 0 Å². The topological polar surface area (TPSA) is 72.8 Å². The Kier molecular flexibility index (Phi) is 6.06. The average Bonchev–Trinajstić information content (AvgIpc) is 2.55. The Morgan fingerprint density at radius 1 is 1.35 bits per heavy atom. The Morgan fingerprint density at radius 2 is 2.00 bits per heavy atom. The zero-order valence-corrected chi connectivity index (χ0v) is 12.9. The predicted molar refractivity (Wildman–Crippen MR) is 90.3 cm³/mol. The van der Waals surface area contributed by atoms with Crippen LogP contribution in [0.5, 0.6) is 0 Å². The minimum absolute atomic E-state index is 0.113. The van der Waals surface area contributed by atoms with E-state index in [4.69, 9.17) is 12.6 Å². The van der Waals surface area contributed by atoms with Crippen molar-refractivity contribution in [1.82, 2.24) is 10.2 Å². The second kappa shape index (κ2) is 8.25. The van der Waals surface area contributed by atoms with E-state index in [-0.39, 0.29) is 17.6 Å². The van der Waals surface area contributed by atoms with Gasteiger partial charge in [-0.15, -0.1) is 0 Å². The standard InChI is InChI=1S/C17H20BN2O3/c18-17(23)20-9-6-13(7-10-20)12-16(22)19-15(8-11-21)14-4-2-1-3-5-14/h1-5,11,13,21,23H,6-7,9-10,12H2,(H,19,22). The summed E-state index contributed by atoms with van der Waals surface area (Å²) in [6.07, 6.45) is 2.79. The fraction of sp³-hybridized carbons (Fsp3) is 0.353. The molecule has 23 heavy (non-hydrogen) atoms. The van der Waals surface area contributed by atoms with Gasteiger partial charge in [-0.05, 0) is 0 Å². The molecule has 119 valence electrons. The molecule has 1 radical (unpaired) electrons. The first-order valence-corrected chi connectivity index (χ1v) is 7.61. The van der Waals surface area contributed by atoms with E-state index < -0.39 is 0 Å². The molecule has 0 spiro atoms. The number of nitrogens with one attached hydrogen (secondary N) is 1. The summed E-state index contributed by atoms with van der Waals surface area (Å²) < 4.78 is 0. The molecule has 1 aromatic carbocycles. The maximum absolute atomic E-state index is 12.2. The van der Waals surface area contributed by atoms with Gasteiger partial charge in [-0.1, -0.05) is 6.07 Å². The summed E-state index contributed by atoms with van der Waals surface area (Å²) in [6.45, 7) is 1.30. The van der Waals surface area contributed by atoms with Crippen molar-refractivity contribution in [3.8, 4) is 0 Å². The van der Waals surface area contributed by atoms with Gasteiger partial charge < -0.3 is 0 Å².